The number of nitrogens with two attached hydrogens (primary N) is 1. The second kappa shape index (κ2) is 21.1. The molecular formula is C39H59N5O9. The van der Waals surface area contributed by atoms with E-state index in [9.17, 15) is 44.4 Å². The molecule has 2 aromatic rings. The first-order valence-corrected chi connectivity index (χ1v) is 18.3. The van der Waals surface area contributed by atoms with Gasteiger partial charge < -0.3 is 46.6 Å². The number of rotatable bonds is 21. The van der Waals surface area contributed by atoms with E-state index in [1.807, 2.05) is 13.8 Å². The predicted molar refractivity (Wildman–Crippen MR) is 201 cm³/mol. The molecule has 4 amide bonds. The van der Waals surface area contributed by atoms with Gasteiger partial charge in [-0.25, -0.2) is 4.79 Å². The van der Waals surface area contributed by atoms with Crippen LogP contribution in [0.1, 0.15) is 77.8 Å². The molecule has 14 nitrogen and oxygen atoms in total. The summed E-state index contributed by atoms with van der Waals surface area (Å²) in [5, 5.41) is 45.4. The van der Waals surface area contributed by atoms with Gasteiger partial charge in [-0.15, -0.1) is 0 Å². The van der Waals surface area contributed by atoms with Gasteiger partial charge in [0.2, 0.25) is 17.7 Å². The highest BCUT2D eigenvalue weighted by molar-refractivity contribution is 5.95. The molecule has 0 fully saturated rings. The first-order valence-electron chi connectivity index (χ1n) is 18.3. The molecule has 294 valence electrons. The van der Waals surface area contributed by atoms with Gasteiger partial charge in [-0.05, 0) is 53.6 Å². The molecule has 0 aromatic heterocycles. The van der Waals surface area contributed by atoms with Gasteiger partial charge in [0, 0.05) is 33.0 Å². The third-order valence-electron chi connectivity index (χ3n) is 9.72. The van der Waals surface area contributed by atoms with Gasteiger partial charge in [0.05, 0.1) is 0 Å². The lowest BCUT2D eigenvalue weighted by molar-refractivity contribution is -0.152. The molecule has 0 saturated carbocycles. The van der Waals surface area contributed by atoms with Gasteiger partial charge in [-0.2, -0.15) is 0 Å². The molecule has 7 unspecified atom stereocenters. The summed E-state index contributed by atoms with van der Waals surface area (Å²) in [6.07, 6.45) is 1.80. The third kappa shape index (κ3) is 13.0. The van der Waals surface area contributed by atoms with E-state index < -0.39 is 77.7 Å². The summed E-state index contributed by atoms with van der Waals surface area (Å²) in [7, 11) is 2.86. The Hall–Kier alpha value is -4.69. The number of aliphatic hydroxyl groups excluding tert-OH is 1. The van der Waals surface area contributed by atoms with Crippen LogP contribution in [0.15, 0.2) is 48.5 Å². The van der Waals surface area contributed by atoms with E-state index in [0.29, 0.717) is 24.0 Å². The Morgan fingerprint density at radius 2 is 1.28 bits per heavy atom. The Bertz CT molecular complexity index is 1500. The third-order valence-corrected chi connectivity index (χ3v) is 9.72. The maximum Gasteiger partial charge on any atom is 0.326 e. The van der Waals surface area contributed by atoms with Crippen molar-refractivity contribution in [2.75, 3.05) is 14.1 Å². The van der Waals surface area contributed by atoms with E-state index in [4.69, 9.17) is 5.73 Å². The molecule has 0 aliphatic carbocycles. The van der Waals surface area contributed by atoms with Crippen molar-refractivity contribution in [3.05, 3.63) is 59.7 Å². The van der Waals surface area contributed by atoms with Crippen LogP contribution < -0.4 is 16.4 Å². The topological polar surface area (TPSA) is 223 Å². The number of nitrogens with zero attached hydrogens (tertiary/aromatic N) is 2. The number of aliphatic hydroxyl groups is 1. The van der Waals surface area contributed by atoms with Crippen molar-refractivity contribution in [3.63, 3.8) is 0 Å². The first-order chi connectivity index (χ1) is 24.9. The van der Waals surface area contributed by atoms with Crippen molar-refractivity contribution >= 4 is 29.6 Å². The van der Waals surface area contributed by atoms with Crippen molar-refractivity contribution in [3.8, 4) is 11.5 Å². The second-order valence-corrected chi connectivity index (χ2v) is 14.2. The number of carbonyl (C=O) groups excluding carboxylic acids is 4. The number of carboxylic acid groups (broad SMARTS) is 1. The van der Waals surface area contributed by atoms with E-state index >= 15 is 0 Å². The molecule has 0 aliphatic heterocycles. The largest absolute Gasteiger partial charge is 0.508 e. The summed E-state index contributed by atoms with van der Waals surface area (Å²) in [6, 6.07) is 6.29. The number of likely N-dealkylation sites (N-methyl/N-ethyl adjacent to an activating group) is 2. The molecule has 2 rings (SSSR count). The molecule has 0 radical (unpaired) electrons. The van der Waals surface area contributed by atoms with Gasteiger partial charge in [0.15, 0.2) is 0 Å². The predicted octanol–water partition coefficient (Wildman–Crippen LogP) is 2.56. The maximum absolute atomic E-state index is 14.5. The van der Waals surface area contributed by atoms with E-state index in [-0.39, 0.29) is 24.3 Å². The molecule has 53 heavy (non-hydrogen) atoms. The Kier molecular flexibility index (Phi) is 17.7. The normalized spacial score (nSPS) is 15.3. The minimum Gasteiger partial charge on any atom is -0.508 e. The molecule has 0 heterocycles. The fourth-order valence-corrected chi connectivity index (χ4v) is 6.06. The van der Waals surface area contributed by atoms with Gasteiger partial charge in [0.25, 0.3) is 5.91 Å². The van der Waals surface area contributed by atoms with Crippen LogP contribution in [-0.4, -0.2) is 110 Å². The van der Waals surface area contributed by atoms with Gasteiger partial charge in [0.1, 0.15) is 41.8 Å². The summed E-state index contributed by atoms with van der Waals surface area (Å²) < 4.78 is 0. The monoisotopic (exact) mass is 741 g/mol. The number of amides is 4. The summed E-state index contributed by atoms with van der Waals surface area (Å²) in [5.41, 5.74) is 7.21. The highest BCUT2D eigenvalue weighted by Gasteiger charge is 2.41. The van der Waals surface area contributed by atoms with Crippen LogP contribution in [0.25, 0.3) is 0 Å². The minimum atomic E-state index is -1.54. The van der Waals surface area contributed by atoms with Gasteiger partial charge >= 0.3 is 5.97 Å². The van der Waals surface area contributed by atoms with Crippen LogP contribution in [0.2, 0.25) is 0 Å². The average molecular weight is 742 g/mol. The van der Waals surface area contributed by atoms with Crippen molar-refractivity contribution in [2.45, 2.75) is 116 Å². The van der Waals surface area contributed by atoms with E-state index in [2.05, 4.69) is 10.6 Å². The number of phenolic OH excluding ortho intramolecular Hbond substituents is 2. The number of carbonyl (C=O) groups is 5. The fourth-order valence-electron chi connectivity index (χ4n) is 6.06. The highest BCUT2D eigenvalue weighted by Crippen LogP contribution is 2.22. The molecule has 8 N–H and O–H groups in total. The first kappa shape index (κ1) is 44.5. The second-order valence-electron chi connectivity index (χ2n) is 14.2. The quantitative estimate of drug-likeness (QED) is 0.0927. The Morgan fingerprint density at radius 1 is 0.755 bits per heavy atom. The van der Waals surface area contributed by atoms with Crippen LogP contribution >= 0.6 is 0 Å². The van der Waals surface area contributed by atoms with E-state index in [0.717, 1.165) is 19.3 Å². The number of unbranched alkanes of at least 4 members (excludes halogenated alkanes) is 2. The molecule has 7 atom stereocenters. The summed E-state index contributed by atoms with van der Waals surface area (Å²) >= 11 is 0. The van der Waals surface area contributed by atoms with E-state index in [1.165, 1.54) is 48.2 Å². The highest BCUT2D eigenvalue weighted by atomic mass is 16.4. The van der Waals surface area contributed by atoms with Crippen LogP contribution in [0.5, 0.6) is 11.5 Å². The van der Waals surface area contributed by atoms with Crippen LogP contribution in [0.4, 0.5) is 0 Å². The fraction of sp³-hybridized carbons (Fsp3) is 0.564. The lowest BCUT2D eigenvalue weighted by Gasteiger charge is -2.39. The van der Waals surface area contributed by atoms with Crippen LogP contribution in [0.3, 0.4) is 0 Å². The number of aliphatic carboxylic acids is 1. The summed E-state index contributed by atoms with van der Waals surface area (Å²) in [4.78, 5) is 70.4. The van der Waals surface area contributed by atoms with Crippen LogP contribution in [0, 0.1) is 11.8 Å². The number of nitrogens with one attached hydrogen (secondary N) is 2. The molecule has 0 spiro atoms. The zero-order valence-corrected chi connectivity index (χ0v) is 32.0. The summed E-state index contributed by atoms with van der Waals surface area (Å²) in [5.74, 6) is -4.87. The van der Waals surface area contributed by atoms with Crippen molar-refractivity contribution in [1.29, 1.82) is 0 Å². The Balaban J connectivity index is 2.43. The molecule has 0 bridgehead atoms. The van der Waals surface area contributed by atoms with Gasteiger partial charge in [-0.3, -0.25) is 19.2 Å². The molecule has 2 aromatic carbocycles. The van der Waals surface area contributed by atoms with Crippen molar-refractivity contribution < 1.29 is 44.4 Å². The molecule has 0 saturated heterocycles. The number of hydrogen-bond acceptors (Lipinski definition) is 9. The van der Waals surface area contributed by atoms with Crippen molar-refractivity contribution in [1.82, 2.24) is 20.4 Å². The number of hydrogen-bond donors (Lipinski definition) is 7. The Labute approximate surface area is 312 Å². The molecular weight excluding hydrogens is 682 g/mol. The lowest BCUT2D eigenvalue weighted by Crippen LogP contribution is -2.61. The summed E-state index contributed by atoms with van der Waals surface area (Å²) in [6.45, 7) is 9.12. The average Bonchev–Trinajstić information content (AvgIpc) is 3.12. The molecule has 0 aliphatic rings. The van der Waals surface area contributed by atoms with Crippen molar-refractivity contribution in [2.24, 2.45) is 17.6 Å². The Morgan fingerprint density at radius 3 is 1.75 bits per heavy atom. The number of aromatic hydroxyl groups is 2. The number of carboxylic acids is 1. The molecule has 14 heteroatoms. The minimum absolute atomic E-state index is 0.000221. The van der Waals surface area contributed by atoms with Gasteiger partial charge in [-0.1, -0.05) is 84.6 Å². The zero-order valence-electron chi connectivity index (χ0n) is 32.0. The SMILES string of the molecule is CCCCCC(N)C(O)C(=O)NC(C(=O)N(C)C(C(=O)N(C)C(Cc1ccc(O)cc1)C(=O)NC(Cc1ccc(O)cc1)C(=O)O)C(C)CC)C(C)C. The maximum atomic E-state index is 14.5. The standard InChI is InChI=1S/C39H59N5O9/c1-8-10-11-12-29(40)34(47)36(49)42-32(23(3)4)37(50)44(7)33(24(5)9-2)38(51)43(6)31(22-26-15-19-28(46)20-16-26)35(48)41-30(39(52)53)21-25-13-17-27(45)18-14-25/h13-20,23-24,29-34,45-47H,8-12,21-22,40H2,1-7H3,(H,41,48)(H,42,49)(H,52,53). The van der Waals surface area contributed by atoms with Crippen LogP contribution in [-0.2, 0) is 36.8 Å². The lowest BCUT2D eigenvalue weighted by atomic mass is 9.93. The smallest absolute Gasteiger partial charge is 0.326 e. The number of benzene rings is 2. The number of phenols is 2. The zero-order chi connectivity index (χ0) is 40.0. The van der Waals surface area contributed by atoms with E-state index in [1.54, 1.807) is 45.0 Å².